The molecule has 0 bridgehead atoms. The zero-order valence-electron chi connectivity index (χ0n) is 16.9. The number of amides is 1. The van der Waals surface area contributed by atoms with E-state index < -0.39 is 0 Å². The highest BCUT2D eigenvalue weighted by atomic mass is 16.3. The third kappa shape index (κ3) is 4.48. The van der Waals surface area contributed by atoms with Gasteiger partial charge in [-0.2, -0.15) is 0 Å². The molecule has 1 aliphatic heterocycles. The summed E-state index contributed by atoms with van der Waals surface area (Å²) < 4.78 is 0. The number of nitrogens with one attached hydrogen (secondary N) is 1. The molecule has 2 heterocycles. The molecule has 8 nitrogen and oxygen atoms in total. The van der Waals surface area contributed by atoms with Gasteiger partial charge in [-0.3, -0.25) is 4.79 Å². The van der Waals surface area contributed by atoms with Gasteiger partial charge in [0, 0.05) is 38.1 Å². The van der Waals surface area contributed by atoms with Gasteiger partial charge in [0.05, 0.1) is 6.61 Å². The van der Waals surface area contributed by atoms with Crippen molar-refractivity contribution in [2.24, 2.45) is 10.7 Å². The largest absolute Gasteiger partial charge is 0.404 e. The van der Waals surface area contributed by atoms with Gasteiger partial charge < -0.3 is 26.0 Å². The maximum atomic E-state index is 12.8. The number of aliphatic hydroxyl groups excluding tert-OH is 1. The van der Waals surface area contributed by atoms with Gasteiger partial charge in [0.15, 0.2) is 0 Å². The molecular weight excluding hydrogens is 368 g/mol. The summed E-state index contributed by atoms with van der Waals surface area (Å²) in [5, 5.41) is 12.2. The molecule has 1 aromatic heterocycles. The number of hydrogen-bond acceptors (Lipinski definition) is 6. The number of rotatable bonds is 6. The molecule has 8 heteroatoms. The lowest BCUT2D eigenvalue weighted by Gasteiger charge is -2.30. The molecule has 0 radical (unpaired) electrons. The Balaban J connectivity index is 1.89. The van der Waals surface area contributed by atoms with Crippen molar-refractivity contribution in [2.45, 2.75) is 38.3 Å². The first kappa shape index (κ1) is 20.6. The molecule has 0 atom stereocenters. The number of aromatic nitrogens is 1. The van der Waals surface area contributed by atoms with Crippen molar-refractivity contribution >= 4 is 17.6 Å². The predicted molar refractivity (Wildman–Crippen MR) is 113 cm³/mol. The van der Waals surface area contributed by atoms with Crippen molar-refractivity contribution in [3.63, 3.8) is 0 Å². The fourth-order valence-corrected chi connectivity index (χ4v) is 3.60. The standard InChI is InChI=1S/C21H28N6O2/c1-14(24-19-9-8-15(13-28)12-23-19)25-20-16(11-22)10-18(21(29)26(2)3)27(20)17-6-4-5-7-17/h8-12,17,28H,1,4-7,13,22H2,2-3H3,(H,23,24)/b16-11-,25-20+. The maximum Gasteiger partial charge on any atom is 0.270 e. The molecule has 4 N–H and O–H groups in total. The van der Waals surface area contributed by atoms with Crippen LogP contribution >= 0.6 is 0 Å². The van der Waals surface area contributed by atoms with E-state index in [0.717, 1.165) is 31.2 Å². The maximum absolute atomic E-state index is 12.8. The van der Waals surface area contributed by atoms with Crippen LogP contribution in [0.2, 0.25) is 0 Å². The van der Waals surface area contributed by atoms with Crippen LogP contribution in [0.3, 0.4) is 0 Å². The normalized spacial score (nSPS) is 19.7. The number of carbonyl (C=O) groups excluding carboxylic acids is 1. The fourth-order valence-electron chi connectivity index (χ4n) is 3.60. The van der Waals surface area contributed by atoms with Gasteiger partial charge in [0.2, 0.25) is 0 Å². The molecule has 0 saturated heterocycles. The average Bonchev–Trinajstić information content (AvgIpc) is 3.35. The molecule has 1 saturated carbocycles. The van der Waals surface area contributed by atoms with Gasteiger partial charge in [0.1, 0.15) is 23.2 Å². The van der Waals surface area contributed by atoms with Crippen LogP contribution in [0.25, 0.3) is 0 Å². The quantitative estimate of drug-likeness (QED) is 0.678. The monoisotopic (exact) mass is 396 g/mol. The molecule has 1 fully saturated rings. The minimum absolute atomic E-state index is 0.0636. The van der Waals surface area contributed by atoms with E-state index in [0.29, 0.717) is 28.7 Å². The number of pyridine rings is 1. The third-order valence-electron chi connectivity index (χ3n) is 5.05. The molecule has 0 unspecified atom stereocenters. The molecular formula is C21H28N6O2. The summed E-state index contributed by atoms with van der Waals surface area (Å²) in [4.78, 5) is 25.2. The number of nitrogens with zero attached hydrogens (tertiary/aromatic N) is 4. The number of amidine groups is 1. The molecule has 154 valence electrons. The van der Waals surface area contributed by atoms with Crippen molar-refractivity contribution in [1.29, 1.82) is 0 Å². The van der Waals surface area contributed by atoms with E-state index >= 15 is 0 Å². The molecule has 1 aliphatic carbocycles. The summed E-state index contributed by atoms with van der Waals surface area (Å²) in [5.41, 5.74) is 7.85. The summed E-state index contributed by atoms with van der Waals surface area (Å²) >= 11 is 0. The van der Waals surface area contributed by atoms with E-state index in [2.05, 4.69) is 21.9 Å². The van der Waals surface area contributed by atoms with Crippen LogP contribution in [0.1, 0.15) is 31.2 Å². The number of aliphatic imine (C=N–C) groups is 1. The second-order valence-electron chi connectivity index (χ2n) is 7.38. The fraction of sp³-hybridized carbons (Fsp3) is 0.381. The lowest BCUT2D eigenvalue weighted by atomic mass is 10.2. The Bertz CT molecular complexity index is 864. The Morgan fingerprint density at radius 2 is 2.17 bits per heavy atom. The summed E-state index contributed by atoms with van der Waals surface area (Å²) in [6, 6.07) is 3.73. The van der Waals surface area contributed by atoms with Gasteiger partial charge in [-0.25, -0.2) is 9.98 Å². The topological polar surface area (TPSA) is 107 Å². The van der Waals surface area contributed by atoms with E-state index in [9.17, 15) is 4.79 Å². The first-order valence-corrected chi connectivity index (χ1v) is 9.70. The lowest BCUT2D eigenvalue weighted by molar-refractivity contribution is -0.126. The Morgan fingerprint density at radius 3 is 2.72 bits per heavy atom. The Labute approximate surface area is 171 Å². The van der Waals surface area contributed by atoms with Gasteiger partial charge in [0.25, 0.3) is 5.91 Å². The van der Waals surface area contributed by atoms with E-state index in [1.54, 1.807) is 43.4 Å². The zero-order chi connectivity index (χ0) is 21.0. The lowest BCUT2D eigenvalue weighted by Crippen LogP contribution is -2.40. The van der Waals surface area contributed by atoms with Crippen LogP contribution in [0.4, 0.5) is 5.82 Å². The van der Waals surface area contributed by atoms with E-state index in [-0.39, 0.29) is 18.6 Å². The summed E-state index contributed by atoms with van der Waals surface area (Å²) in [7, 11) is 3.47. The van der Waals surface area contributed by atoms with Crippen LogP contribution in [0.15, 0.2) is 59.3 Å². The first-order valence-electron chi connectivity index (χ1n) is 9.70. The van der Waals surface area contributed by atoms with Crippen molar-refractivity contribution < 1.29 is 9.90 Å². The zero-order valence-corrected chi connectivity index (χ0v) is 16.9. The molecule has 0 spiro atoms. The Morgan fingerprint density at radius 1 is 1.45 bits per heavy atom. The first-order chi connectivity index (χ1) is 13.9. The minimum atomic E-state index is -0.0821. The summed E-state index contributed by atoms with van der Waals surface area (Å²) in [6.07, 6.45) is 9.10. The Kier molecular flexibility index (Phi) is 6.33. The SMILES string of the molecule is C=C(/N=C1\C(=C/N)C=C(C(=O)N(C)C)N1C1CCCC1)Nc1ccc(CO)cn1. The van der Waals surface area contributed by atoms with Gasteiger partial charge in [-0.15, -0.1) is 0 Å². The number of carbonyl (C=O) groups is 1. The smallest absolute Gasteiger partial charge is 0.270 e. The number of aliphatic hydroxyl groups is 1. The predicted octanol–water partition coefficient (Wildman–Crippen LogP) is 1.93. The highest BCUT2D eigenvalue weighted by molar-refractivity contribution is 6.12. The number of anilines is 1. The van der Waals surface area contributed by atoms with E-state index in [1.165, 1.54) is 6.20 Å². The van der Waals surface area contributed by atoms with Crippen molar-refractivity contribution in [1.82, 2.24) is 14.8 Å². The van der Waals surface area contributed by atoms with Crippen molar-refractivity contribution in [3.05, 3.63) is 59.8 Å². The highest BCUT2D eigenvalue weighted by Crippen LogP contribution is 2.33. The Hall–Kier alpha value is -3.13. The van der Waals surface area contributed by atoms with Gasteiger partial charge in [-0.1, -0.05) is 25.5 Å². The molecule has 29 heavy (non-hydrogen) atoms. The average molecular weight is 396 g/mol. The number of likely N-dealkylation sites (N-methyl/N-ethyl adjacent to an activating group) is 1. The number of nitrogens with two attached hydrogens (primary N) is 1. The highest BCUT2D eigenvalue weighted by Gasteiger charge is 2.37. The van der Waals surface area contributed by atoms with E-state index in [4.69, 9.17) is 10.8 Å². The molecule has 2 aliphatic rings. The second-order valence-corrected chi connectivity index (χ2v) is 7.38. The molecule has 1 amide bonds. The van der Waals surface area contributed by atoms with Crippen LogP contribution < -0.4 is 11.1 Å². The van der Waals surface area contributed by atoms with Crippen LogP contribution in [0, 0.1) is 0 Å². The van der Waals surface area contributed by atoms with Gasteiger partial charge in [-0.05, 0) is 30.5 Å². The van der Waals surface area contributed by atoms with Crippen molar-refractivity contribution in [3.8, 4) is 0 Å². The van der Waals surface area contributed by atoms with Crippen LogP contribution in [-0.2, 0) is 11.4 Å². The summed E-state index contributed by atoms with van der Waals surface area (Å²) in [6.45, 7) is 3.93. The van der Waals surface area contributed by atoms with Crippen LogP contribution in [0.5, 0.6) is 0 Å². The summed E-state index contributed by atoms with van der Waals surface area (Å²) in [5.74, 6) is 1.49. The third-order valence-corrected chi connectivity index (χ3v) is 5.05. The van der Waals surface area contributed by atoms with Gasteiger partial charge >= 0.3 is 0 Å². The second kappa shape index (κ2) is 8.91. The molecule has 3 rings (SSSR count). The molecule has 1 aromatic rings. The number of hydrogen-bond donors (Lipinski definition) is 3. The molecule has 0 aromatic carbocycles. The van der Waals surface area contributed by atoms with E-state index in [1.807, 2.05) is 4.90 Å². The van der Waals surface area contributed by atoms with Crippen LogP contribution in [-0.4, -0.2) is 51.8 Å². The van der Waals surface area contributed by atoms with Crippen molar-refractivity contribution in [2.75, 3.05) is 19.4 Å². The minimum Gasteiger partial charge on any atom is -0.404 e.